The van der Waals surface area contributed by atoms with Crippen LogP contribution in [0.15, 0.2) is 60.7 Å². The maximum absolute atomic E-state index is 14.0. The third-order valence-corrected chi connectivity index (χ3v) is 9.77. The first-order valence-corrected chi connectivity index (χ1v) is 19.2. The van der Waals surface area contributed by atoms with Gasteiger partial charge in [0.25, 0.3) is 0 Å². The first-order valence-electron chi connectivity index (χ1n) is 19.2. The highest BCUT2D eigenvalue weighted by molar-refractivity contribution is 6.35. The molecule has 4 amide bonds. The smallest absolute Gasteiger partial charge is 0.311 e. The van der Waals surface area contributed by atoms with Crippen LogP contribution < -0.4 is 27.4 Å². The molecule has 7 N–H and O–H groups in total. The number of likely N-dealkylation sites (tertiary alicyclic amines) is 1. The lowest BCUT2D eigenvalue weighted by Crippen LogP contribution is -2.51. The average molecular weight is 733 g/mol. The van der Waals surface area contributed by atoms with Crippen molar-refractivity contribution in [1.29, 1.82) is 0 Å². The molecule has 1 fully saturated rings. The molecule has 1 aliphatic rings. The summed E-state index contributed by atoms with van der Waals surface area (Å²) in [7, 11) is 0. The molecule has 0 unspecified atom stereocenters. The number of amides is 4. The van der Waals surface area contributed by atoms with Crippen molar-refractivity contribution in [3.8, 4) is 0 Å². The van der Waals surface area contributed by atoms with Crippen molar-refractivity contribution in [1.82, 2.24) is 20.9 Å². The van der Waals surface area contributed by atoms with Crippen molar-refractivity contribution in [2.24, 2.45) is 29.2 Å². The molecule has 0 radical (unpaired) electrons. The molecule has 1 saturated heterocycles. The molecular weight excluding hydrogens is 672 g/mol. The van der Waals surface area contributed by atoms with Gasteiger partial charge in [0.1, 0.15) is 0 Å². The van der Waals surface area contributed by atoms with Crippen molar-refractivity contribution < 1.29 is 28.8 Å². The number of hydrogen-bond donors (Lipinski definition) is 5. The van der Waals surface area contributed by atoms with Crippen molar-refractivity contribution in [3.05, 3.63) is 71.8 Å². The van der Waals surface area contributed by atoms with Crippen LogP contribution >= 0.6 is 0 Å². The maximum Gasteiger partial charge on any atom is 0.311 e. The van der Waals surface area contributed by atoms with Gasteiger partial charge in [-0.3, -0.25) is 28.8 Å². The molecule has 3 rings (SSSR count). The normalized spacial score (nSPS) is 15.5. The summed E-state index contributed by atoms with van der Waals surface area (Å²) in [6.07, 6.45) is 4.01. The largest absolute Gasteiger partial charge is 0.348 e. The lowest BCUT2D eigenvalue weighted by molar-refractivity contribution is -0.146. The molecule has 4 atom stereocenters. The Kier molecular flexibility index (Phi) is 18.3. The lowest BCUT2D eigenvalue weighted by Gasteiger charge is -2.32. The molecule has 0 bridgehead atoms. The molecule has 0 aromatic heterocycles. The van der Waals surface area contributed by atoms with Crippen LogP contribution in [0.5, 0.6) is 0 Å². The Bertz CT molecular complexity index is 1480. The topological polar surface area (TPSA) is 194 Å². The van der Waals surface area contributed by atoms with E-state index >= 15 is 0 Å². The number of likely N-dealkylation sites (N-methyl/N-ethyl adjacent to an activating group) is 1. The molecule has 2 aromatic rings. The van der Waals surface area contributed by atoms with Crippen LogP contribution in [-0.4, -0.2) is 84.4 Å². The van der Waals surface area contributed by atoms with E-state index < -0.39 is 41.8 Å². The van der Waals surface area contributed by atoms with Crippen LogP contribution in [0.4, 0.5) is 0 Å². The van der Waals surface area contributed by atoms with Crippen molar-refractivity contribution in [2.45, 2.75) is 103 Å². The van der Waals surface area contributed by atoms with Gasteiger partial charge in [-0.15, -0.1) is 0 Å². The number of hydrogen-bond acceptors (Lipinski definition) is 8. The Labute approximate surface area is 314 Å². The van der Waals surface area contributed by atoms with Crippen LogP contribution in [0, 0.1) is 17.8 Å². The number of nitrogens with two attached hydrogens (primary N) is 2. The molecule has 290 valence electrons. The van der Waals surface area contributed by atoms with Gasteiger partial charge < -0.3 is 32.3 Å². The molecule has 53 heavy (non-hydrogen) atoms. The van der Waals surface area contributed by atoms with Gasteiger partial charge in [-0.1, -0.05) is 74.5 Å². The molecule has 0 spiro atoms. The summed E-state index contributed by atoms with van der Waals surface area (Å²) in [4.78, 5) is 81.0. The molecule has 2 aromatic carbocycles. The number of Topliss-reactive ketones (excluding diaryl/α,β-unsaturated/α-hetero) is 2. The van der Waals surface area contributed by atoms with E-state index in [2.05, 4.69) is 16.0 Å². The zero-order chi connectivity index (χ0) is 38.8. The molecular formula is C41H60N6O6. The quantitative estimate of drug-likeness (QED) is 0.0955. The Balaban J connectivity index is 1.71. The zero-order valence-electron chi connectivity index (χ0n) is 31.7. The van der Waals surface area contributed by atoms with Crippen LogP contribution in [0.2, 0.25) is 0 Å². The summed E-state index contributed by atoms with van der Waals surface area (Å²) in [6.45, 7) is 7.30. The average Bonchev–Trinajstić information content (AvgIpc) is 3.14. The number of ketones is 2. The van der Waals surface area contributed by atoms with E-state index in [9.17, 15) is 28.8 Å². The number of nitrogens with zero attached hydrogens (tertiary/aromatic N) is 1. The van der Waals surface area contributed by atoms with Gasteiger partial charge in [-0.25, -0.2) is 0 Å². The predicted octanol–water partition coefficient (Wildman–Crippen LogP) is 2.85. The first-order chi connectivity index (χ1) is 25.4. The van der Waals surface area contributed by atoms with E-state index in [1.54, 1.807) is 6.92 Å². The SMILES string of the molecule is CCNC(=O)C(=O)N1CCC(CC(=O)[C@@H](CCCCN)NC(=O)[C@H](CC(=O)[C@@H](Cc2ccccc2)NC(=O)[C@H](N)Cc2ccccc2)CC(C)C)CC1. The third-order valence-electron chi connectivity index (χ3n) is 9.77. The molecule has 12 nitrogen and oxygen atoms in total. The minimum absolute atomic E-state index is 0.0124. The van der Waals surface area contributed by atoms with E-state index in [-0.39, 0.29) is 48.6 Å². The lowest BCUT2D eigenvalue weighted by atomic mass is 9.86. The number of nitrogens with one attached hydrogen (secondary N) is 3. The first kappa shape index (κ1) is 43.0. The second-order valence-corrected chi connectivity index (χ2v) is 14.7. The van der Waals surface area contributed by atoms with Crippen molar-refractivity contribution in [3.63, 3.8) is 0 Å². The fraction of sp³-hybridized carbons (Fsp3) is 0.561. The molecule has 0 saturated carbocycles. The van der Waals surface area contributed by atoms with Gasteiger partial charge in [-0.2, -0.15) is 0 Å². The number of piperidine rings is 1. The number of rotatable bonds is 21. The summed E-state index contributed by atoms with van der Waals surface area (Å²) < 4.78 is 0. The summed E-state index contributed by atoms with van der Waals surface area (Å²) in [5.41, 5.74) is 13.8. The maximum atomic E-state index is 14.0. The van der Waals surface area contributed by atoms with Gasteiger partial charge in [0, 0.05) is 38.4 Å². The summed E-state index contributed by atoms with van der Waals surface area (Å²) in [5, 5.41) is 8.42. The van der Waals surface area contributed by atoms with Gasteiger partial charge >= 0.3 is 11.8 Å². The van der Waals surface area contributed by atoms with Crippen molar-refractivity contribution >= 4 is 35.2 Å². The second kappa shape index (κ2) is 22.6. The fourth-order valence-electron chi connectivity index (χ4n) is 6.81. The highest BCUT2D eigenvalue weighted by Gasteiger charge is 2.33. The van der Waals surface area contributed by atoms with Crippen molar-refractivity contribution in [2.75, 3.05) is 26.2 Å². The fourth-order valence-corrected chi connectivity index (χ4v) is 6.81. The Morgan fingerprint density at radius 2 is 1.38 bits per heavy atom. The standard InChI is InChI=1S/C41H60N6O6/c1-4-44-40(52)41(53)47-21-18-31(19-22-47)26-36(48)34(17-11-12-20-42)45-38(50)32(23-28(2)3)27-37(49)35(25-30-15-9-6-10-16-30)46-39(51)33(43)24-29-13-7-5-8-14-29/h5-10,13-16,28,31-35H,4,11-12,17-27,42-43H2,1-3H3,(H,44,52)(H,45,50)(H,46,51)/t32-,33+,34+,35+/m0/s1. The minimum atomic E-state index is -0.901. The summed E-state index contributed by atoms with van der Waals surface area (Å²) in [6, 6.07) is 16.3. The zero-order valence-corrected chi connectivity index (χ0v) is 31.7. The minimum Gasteiger partial charge on any atom is -0.348 e. The number of benzene rings is 2. The van der Waals surface area contributed by atoms with Crippen LogP contribution in [-0.2, 0) is 41.6 Å². The van der Waals surface area contributed by atoms with E-state index in [0.29, 0.717) is 71.1 Å². The Morgan fingerprint density at radius 3 is 1.94 bits per heavy atom. The highest BCUT2D eigenvalue weighted by atomic mass is 16.2. The summed E-state index contributed by atoms with van der Waals surface area (Å²) in [5.74, 6) is -3.01. The number of unbranched alkanes of at least 4 members (excludes halogenated alkanes) is 1. The van der Waals surface area contributed by atoms with Gasteiger partial charge in [0.05, 0.1) is 18.1 Å². The van der Waals surface area contributed by atoms with Crippen LogP contribution in [0.25, 0.3) is 0 Å². The second-order valence-electron chi connectivity index (χ2n) is 14.7. The van der Waals surface area contributed by atoms with Gasteiger partial charge in [0.2, 0.25) is 11.8 Å². The van der Waals surface area contributed by atoms with Gasteiger partial charge in [-0.05, 0) is 87.8 Å². The van der Waals surface area contributed by atoms with Crippen LogP contribution in [0.3, 0.4) is 0 Å². The highest BCUT2D eigenvalue weighted by Crippen LogP contribution is 2.24. The Hall–Kier alpha value is -4.42. The van der Waals surface area contributed by atoms with E-state index in [1.165, 1.54) is 4.90 Å². The van der Waals surface area contributed by atoms with Gasteiger partial charge in [0.15, 0.2) is 11.6 Å². The number of carbonyl (C=O) groups excluding carboxylic acids is 6. The Morgan fingerprint density at radius 1 is 0.792 bits per heavy atom. The van der Waals surface area contributed by atoms with E-state index in [4.69, 9.17) is 11.5 Å². The summed E-state index contributed by atoms with van der Waals surface area (Å²) >= 11 is 0. The monoisotopic (exact) mass is 732 g/mol. The molecule has 0 aliphatic carbocycles. The van der Waals surface area contributed by atoms with Crippen LogP contribution in [0.1, 0.15) is 83.3 Å². The third kappa shape index (κ3) is 14.9. The van der Waals surface area contributed by atoms with E-state index in [0.717, 1.165) is 11.1 Å². The molecule has 1 aliphatic heterocycles. The van der Waals surface area contributed by atoms with E-state index in [1.807, 2.05) is 74.5 Å². The molecule has 1 heterocycles. The molecule has 12 heteroatoms. The number of carbonyl (C=O) groups is 6. The predicted molar refractivity (Wildman–Crippen MR) is 205 cm³/mol.